The molecule has 0 unspecified atom stereocenters. The van der Waals surface area contributed by atoms with Crippen LogP contribution in [0.4, 0.5) is 0 Å². The first-order valence-electron chi connectivity index (χ1n) is 12.4. The van der Waals surface area contributed by atoms with E-state index in [0.717, 1.165) is 51.3 Å². The van der Waals surface area contributed by atoms with E-state index in [1.165, 1.54) is 48.6 Å². The maximum absolute atomic E-state index is 12.7. The summed E-state index contributed by atoms with van der Waals surface area (Å²) in [5.74, 6) is 1.30. The molecule has 0 spiro atoms. The molecule has 1 saturated heterocycles. The molecule has 2 heterocycles. The zero-order valence-corrected chi connectivity index (χ0v) is 20.1. The number of likely N-dealkylation sites (tertiary alicyclic amines) is 1. The van der Waals surface area contributed by atoms with Crippen LogP contribution >= 0.6 is 0 Å². The lowest BCUT2D eigenvalue weighted by Gasteiger charge is -2.32. The van der Waals surface area contributed by atoms with Crippen LogP contribution in [0.1, 0.15) is 50.5 Å². The highest BCUT2D eigenvalue weighted by Crippen LogP contribution is 2.28. The van der Waals surface area contributed by atoms with Gasteiger partial charge in [0.1, 0.15) is 5.75 Å². The van der Waals surface area contributed by atoms with Crippen molar-refractivity contribution in [3.63, 3.8) is 0 Å². The van der Waals surface area contributed by atoms with E-state index >= 15 is 0 Å². The van der Waals surface area contributed by atoms with Crippen molar-refractivity contribution in [3.8, 4) is 5.75 Å². The number of aryl methyl sites for hydroxylation is 1. The number of ether oxygens (including phenoxy) is 1. The average molecular weight is 441 g/mol. The number of nitrogens with one attached hydrogen (secondary N) is 1. The second kappa shape index (κ2) is 10.7. The first-order valence-corrected chi connectivity index (χ1v) is 12.4. The van der Waals surface area contributed by atoms with Crippen molar-refractivity contribution in [1.29, 1.82) is 0 Å². The third-order valence-electron chi connectivity index (χ3n) is 7.59. The van der Waals surface area contributed by atoms with Gasteiger partial charge in [0.05, 0.1) is 7.11 Å². The Balaban J connectivity index is 1.23. The number of amides is 1. The molecule has 1 aliphatic heterocycles. The monoisotopic (exact) mass is 440 g/mol. The number of fused-ring (bicyclic) bond motifs is 1. The van der Waals surface area contributed by atoms with Crippen molar-refractivity contribution in [2.45, 2.75) is 57.5 Å². The van der Waals surface area contributed by atoms with Gasteiger partial charge >= 0.3 is 0 Å². The highest BCUT2D eigenvalue weighted by molar-refractivity contribution is 5.85. The molecule has 1 aromatic carbocycles. The predicted molar refractivity (Wildman–Crippen MR) is 130 cm³/mol. The fraction of sp³-hybridized carbons (Fsp3) is 0.654. The number of nitrogens with zero attached hydrogens (tertiary/aromatic N) is 3. The van der Waals surface area contributed by atoms with E-state index in [1.807, 2.05) is 6.07 Å². The molecule has 0 radical (unpaired) electrons. The van der Waals surface area contributed by atoms with Gasteiger partial charge in [0.2, 0.25) is 5.91 Å². The second-order valence-corrected chi connectivity index (χ2v) is 9.76. The van der Waals surface area contributed by atoms with Gasteiger partial charge < -0.3 is 19.5 Å². The summed E-state index contributed by atoms with van der Waals surface area (Å²) in [7, 11) is 6.03. The molecule has 1 amide bonds. The Hall–Kier alpha value is -2.05. The van der Waals surface area contributed by atoms with Crippen LogP contribution in [0.15, 0.2) is 24.4 Å². The van der Waals surface area contributed by atoms with Crippen LogP contribution in [0.2, 0.25) is 0 Å². The Kier molecular flexibility index (Phi) is 7.74. The molecule has 0 bridgehead atoms. The number of benzene rings is 1. The fourth-order valence-electron chi connectivity index (χ4n) is 5.50. The Labute approximate surface area is 192 Å². The molecule has 1 N–H and O–H groups in total. The van der Waals surface area contributed by atoms with Gasteiger partial charge in [0.25, 0.3) is 0 Å². The van der Waals surface area contributed by atoms with Crippen LogP contribution in [-0.2, 0) is 18.4 Å². The number of methoxy groups -OCH3 is 1. The summed E-state index contributed by atoms with van der Waals surface area (Å²) in [6.45, 7) is 4.59. The quantitative estimate of drug-likeness (QED) is 0.679. The van der Waals surface area contributed by atoms with E-state index in [-0.39, 0.29) is 11.8 Å². The topological polar surface area (TPSA) is 49.7 Å². The molecule has 2 aromatic rings. The maximum atomic E-state index is 12.7. The summed E-state index contributed by atoms with van der Waals surface area (Å²) in [6, 6.07) is 6.98. The lowest BCUT2D eigenvalue weighted by Crippen LogP contribution is -2.43. The molecule has 2 fully saturated rings. The predicted octanol–water partition coefficient (Wildman–Crippen LogP) is 3.78. The lowest BCUT2D eigenvalue weighted by atomic mass is 9.94. The third kappa shape index (κ3) is 5.46. The molecule has 4 rings (SSSR count). The summed E-state index contributed by atoms with van der Waals surface area (Å²) in [5.41, 5.74) is 2.56. The first-order chi connectivity index (χ1) is 15.5. The highest BCUT2D eigenvalue weighted by Gasteiger charge is 2.26. The van der Waals surface area contributed by atoms with E-state index in [9.17, 15) is 4.79 Å². The van der Waals surface area contributed by atoms with Gasteiger partial charge in [-0.1, -0.05) is 19.3 Å². The summed E-state index contributed by atoms with van der Waals surface area (Å²) in [4.78, 5) is 17.6. The molecule has 2 aliphatic rings. The van der Waals surface area contributed by atoms with E-state index < -0.39 is 0 Å². The van der Waals surface area contributed by atoms with Gasteiger partial charge in [-0.15, -0.1) is 0 Å². The van der Waals surface area contributed by atoms with Crippen molar-refractivity contribution in [2.75, 3.05) is 40.3 Å². The van der Waals surface area contributed by atoms with E-state index in [1.54, 1.807) is 7.11 Å². The van der Waals surface area contributed by atoms with Gasteiger partial charge in [0, 0.05) is 55.7 Å². The number of carbonyl (C=O) groups is 1. The molecule has 176 valence electrons. The Morgan fingerprint density at radius 1 is 1.16 bits per heavy atom. The fourth-order valence-corrected chi connectivity index (χ4v) is 5.50. The average Bonchev–Trinajstić information content (AvgIpc) is 3.14. The number of hydrogen-bond acceptors (Lipinski definition) is 4. The van der Waals surface area contributed by atoms with Crippen LogP contribution in [0.3, 0.4) is 0 Å². The van der Waals surface area contributed by atoms with Crippen LogP contribution < -0.4 is 10.1 Å². The van der Waals surface area contributed by atoms with Crippen molar-refractivity contribution < 1.29 is 9.53 Å². The van der Waals surface area contributed by atoms with Gasteiger partial charge in [-0.05, 0) is 69.6 Å². The molecule has 1 saturated carbocycles. The number of likely N-dealkylation sites (N-methyl/N-ethyl adjacent to an activating group) is 1. The number of rotatable bonds is 8. The van der Waals surface area contributed by atoms with Crippen LogP contribution in [-0.4, -0.2) is 66.7 Å². The third-order valence-corrected chi connectivity index (χ3v) is 7.59. The van der Waals surface area contributed by atoms with E-state index in [0.29, 0.717) is 6.04 Å². The summed E-state index contributed by atoms with van der Waals surface area (Å²) in [6.07, 6.45) is 10.8. The van der Waals surface area contributed by atoms with Crippen molar-refractivity contribution in [1.82, 2.24) is 19.7 Å². The van der Waals surface area contributed by atoms with E-state index in [2.05, 4.69) is 52.1 Å². The number of hydrogen-bond donors (Lipinski definition) is 1. The largest absolute Gasteiger partial charge is 0.497 e. The minimum atomic E-state index is 0.152. The second-order valence-electron chi connectivity index (χ2n) is 9.76. The summed E-state index contributed by atoms with van der Waals surface area (Å²) in [5, 5.41) is 4.47. The zero-order valence-electron chi connectivity index (χ0n) is 20.1. The van der Waals surface area contributed by atoms with E-state index in [4.69, 9.17) is 4.74 Å². The van der Waals surface area contributed by atoms with Gasteiger partial charge in [-0.25, -0.2) is 0 Å². The van der Waals surface area contributed by atoms with Crippen LogP contribution in [0.25, 0.3) is 10.9 Å². The molecule has 1 aliphatic carbocycles. The minimum absolute atomic E-state index is 0.152. The minimum Gasteiger partial charge on any atom is -0.497 e. The van der Waals surface area contributed by atoms with Crippen LogP contribution in [0.5, 0.6) is 5.75 Å². The molecule has 1 aromatic heterocycles. The van der Waals surface area contributed by atoms with Crippen LogP contribution in [0, 0.1) is 5.92 Å². The SMILES string of the molecule is COc1ccc2c(c1)c(CN1CCC(C(=O)NCCN(C)C3CCCCC3)CC1)cn2C. The summed E-state index contributed by atoms with van der Waals surface area (Å²) < 4.78 is 7.62. The first kappa shape index (κ1) is 23.1. The highest BCUT2D eigenvalue weighted by atomic mass is 16.5. The van der Waals surface area contributed by atoms with Crippen molar-refractivity contribution in [3.05, 3.63) is 30.0 Å². The number of aromatic nitrogens is 1. The molecule has 0 atom stereocenters. The Morgan fingerprint density at radius 2 is 1.91 bits per heavy atom. The molecular formula is C26H40N4O2. The van der Waals surface area contributed by atoms with Crippen molar-refractivity contribution in [2.24, 2.45) is 13.0 Å². The zero-order chi connectivity index (χ0) is 22.5. The Morgan fingerprint density at radius 3 is 2.62 bits per heavy atom. The maximum Gasteiger partial charge on any atom is 0.223 e. The normalized spacial score (nSPS) is 19.0. The molecular weight excluding hydrogens is 400 g/mol. The summed E-state index contributed by atoms with van der Waals surface area (Å²) >= 11 is 0. The van der Waals surface area contributed by atoms with Gasteiger partial charge in [0.15, 0.2) is 0 Å². The molecule has 6 nitrogen and oxygen atoms in total. The molecule has 32 heavy (non-hydrogen) atoms. The Bertz CT molecular complexity index is 895. The standard InChI is InChI=1S/C26H40N4O2/c1-28(22-7-5-4-6-8-22)16-13-27-26(31)20-11-14-30(15-12-20)19-21-18-29(2)25-10-9-23(32-3)17-24(21)25/h9-10,17-18,20,22H,4-8,11-16,19H2,1-3H3,(H,27,31). The van der Waals surface area contributed by atoms with Crippen molar-refractivity contribution >= 4 is 16.8 Å². The number of piperidine rings is 1. The lowest BCUT2D eigenvalue weighted by molar-refractivity contribution is -0.126. The van der Waals surface area contributed by atoms with Gasteiger partial charge in [-0.2, -0.15) is 0 Å². The smallest absolute Gasteiger partial charge is 0.223 e. The molecule has 6 heteroatoms. The van der Waals surface area contributed by atoms with Gasteiger partial charge in [-0.3, -0.25) is 9.69 Å². The number of carbonyl (C=O) groups excluding carboxylic acids is 1.